The number of hydrogen-bond acceptors (Lipinski definition) is 8. The average Bonchev–Trinajstić information content (AvgIpc) is 3.43. The highest BCUT2D eigenvalue weighted by atomic mass is 16.7. The van der Waals surface area contributed by atoms with Gasteiger partial charge in [-0.2, -0.15) is 4.80 Å². The van der Waals surface area contributed by atoms with Crippen LogP contribution >= 0.6 is 0 Å². The van der Waals surface area contributed by atoms with Gasteiger partial charge in [-0.1, -0.05) is 6.07 Å². The summed E-state index contributed by atoms with van der Waals surface area (Å²) in [7, 11) is 0. The van der Waals surface area contributed by atoms with Gasteiger partial charge < -0.3 is 24.3 Å². The predicted octanol–water partition coefficient (Wildman–Crippen LogP) is 2.18. The van der Waals surface area contributed by atoms with Gasteiger partial charge in [0.2, 0.25) is 18.5 Å². The summed E-state index contributed by atoms with van der Waals surface area (Å²) in [6, 6.07) is 11.0. The van der Waals surface area contributed by atoms with Crippen molar-refractivity contribution in [2.75, 3.05) is 20.0 Å². The lowest BCUT2D eigenvalue weighted by Crippen LogP contribution is -2.28. The molecule has 4 rings (SSSR count). The van der Waals surface area contributed by atoms with Crippen LogP contribution in [0.15, 0.2) is 36.4 Å². The van der Waals surface area contributed by atoms with E-state index in [0.29, 0.717) is 48.6 Å². The summed E-state index contributed by atoms with van der Waals surface area (Å²) >= 11 is 0. The molecule has 0 saturated heterocycles. The summed E-state index contributed by atoms with van der Waals surface area (Å²) in [5.41, 5.74) is 1.63. The molecule has 10 heteroatoms. The molecular formula is C21H23N5O5. The van der Waals surface area contributed by atoms with Gasteiger partial charge in [-0.05, 0) is 55.0 Å². The second kappa shape index (κ2) is 9.33. The zero-order chi connectivity index (χ0) is 21.6. The van der Waals surface area contributed by atoms with Crippen molar-refractivity contribution in [3.8, 4) is 34.4 Å². The number of nitrogens with zero attached hydrogens (tertiary/aromatic N) is 4. The molecule has 1 aromatic heterocycles. The van der Waals surface area contributed by atoms with E-state index in [1.165, 1.54) is 4.80 Å². The summed E-state index contributed by atoms with van der Waals surface area (Å²) in [6.07, 6.45) is 0. The van der Waals surface area contributed by atoms with Crippen molar-refractivity contribution in [3.05, 3.63) is 42.0 Å². The molecule has 2 aromatic carbocycles. The molecule has 0 bridgehead atoms. The van der Waals surface area contributed by atoms with Crippen LogP contribution in [0.4, 0.5) is 0 Å². The summed E-state index contributed by atoms with van der Waals surface area (Å²) in [6.45, 7) is 5.38. The molecule has 1 aliphatic rings. The minimum Gasteiger partial charge on any atom is -0.490 e. The van der Waals surface area contributed by atoms with Crippen molar-refractivity contribution >= 4 is 5.91 Å². The number of amides is 1. The van der Waals surface area contributed by atoms with Crippen molar-refractivity contribution in [2.45, 2.75) is 26.9 Å². The zero-order valence-corrected chi connectivity index (χ0v) is 17.3. The van der Waals surface area contributed by atoms with Crippen molar-refractivity contribution in [1.29, 1.82) is 0 Å². The van der Waals surface area contributed by atoms with Crippen LogP contribution in [-0.2, 0) is 17.9 Å². The van der Waals surface area contributed by atoms with Gasteiger partial charge in [-0.15, -0.1) is 10.2 Å². The fraction of sp³-hybridized carbons (Fsp3) is 0.333. The fourth-order valence-electron chi connectivity index (χ4n) is 3.05. The number of carbonyl (C=O) groups excluding carboxylic acids is 1. The van der Waals surface area contributed by atoms with Crippen molar-refractivity contribution in [1.82, 2.24) is 25.5 Å². The third kappa shape index (κ3) is 4.85. The molecule has 0 fully saturated rings. The first-order chi connectivity index (χ1) is 15.2. The Kier molecular flexibility index (Phi) is 6.16. The van der Waals surface area contributed by atoms with Crippen molar-refractivity contribution in [2.24, 2.45) is 0 Å². The van der Waals surface area contributed by atoms with Gasteiger partial charge in [-0.3, -0.25) is 4.79 Å². The quantitative estimate of drug-likeness (QED) is 0.556. The van der Waals surface area contributed by atoms with Crippen LogP contribution in [0, 0.1) is 0 Å². The first-order valence-corrected chi connectivity index (χ1v) is 9.99. The monoisotopic (exact) mass is 425 g/mol. The van der Waals surface area contributed by atoms with E-state index in [0.717, 1.165) is 11.1 Å². The standard InChI is InChI=1S/C21H23N5O5/c1-3-28-16-8-6-15(10-19(16)29-4-2)21-23-25-26(24-21)12-20(27)22-11-14-5-7-17-18(9-14)31-13-30-17/h5-10H,3-4,11-13H2,1-2H3,(H,22,27). The van der Waals surface area contributed by atoms with Crippen LogP contribution in [-0.4, -0.2) is 46.1 Å². The third-order valence-electron chi connectivity index (χ3n) is 4.47. The summed E-state index contributed by atoms with van der Waals surface area (Å²) in [5.74, 6) is 2.81. The number of benzene rings is 2. The first-order valence-electron chi connectivity index (χ1n) is 9.99. The molecule has 1 N–H and O–H groups in total. The Hall–Kier alpha value is -3.82. The molecule has 1 amide bonds. The predicted molar refractivity (Wildman–Crippen MR) is 110 cm³/mol. The van der Waals surface area contributed by atoms with Crippen LogP contribution < -0.4 is 24.3 Å². The number of nitrogens with one attached hydrogen (secondary N) is 1. The molecule has 31 heavy (non-hydrogen) atoms. The second-order valence-corrected chi connectivity index (χ2v) is 6.64. The highest BCUT2D eigenvalue weighted by molar-refractivity contribution is 5.75. The number of carbonyl (C=O) groups is 1. The Morgan fingerprint density at radius 1 is 1.06 bits per heavy atom. The zero-order valence-electron chi connectivity index (χ0n) is 17.3. The largest absolute Gasteiger partial charge is 0.490 e. The first kappa shape index (κ1) is 20.5. The fourth-order valence-corrected chi connectivity index (χ4v) is 3.05. The van der Waals surface area contributed by atoms with E-state index in [-0.39, 0.29) is 19.2 Å². The van der Waals surface area contributed by atoms with Gasteiger partial charge in [-0.25, -0.2) is 0 Å². The van der Waals surface area contributed by atoms with E-state index in [1.807, 2.05) is 44.2 Å². The highest BCUT2D eigenvalue weighted by Crippen LogP contribution is 2.33. The topological polar surface area (TPSA) is 110 Å². The number of tetrazole rings is 1. The molecule has 0 saturated carbocycles. The van der Waals surface area contributed by atoms with Gasteiger partial charge in [0, 0.05) is 12.1 Å². The van der Waals surface area contributed by atoms with Crippen molar-refractivity contribution in [3.63, 3.8) is 0 Å². The Morgan fingerprint density at radius 3 is 2.71 bits per heavy atom. The summed E-state index contributed by atoms with van der Waals surface area (Å²) < 4.78 is 21.8. The van der Waals surface area contributed by atoms with E-state index in [4.69, 9.17) is 18.9 Å². The Labute approximate surface area is 179 Å². The molecule has 0 radical (unpaired) electrons. The molecule has 162 valence electrons. The average molecular weight is 425 g/mol. The number of fused-ring (bicyclic) bond motifs is 1. The molecule has 2 heterocycles. The SMILES string of the molecule is CCOc1ccc(-c2nnn(CC(=O)NCc3ccc4c(c3)OCO4)n2)cc1OCC. The molecule has 10 nitrogen and oxygen atoms in total. The maximum atomic E-state index is 12.3. The molecule has 0 atom stereocenters. The number of ether oxygens (including phenoxy) is 4. The van der Waals surface area contributed by atoms with E-state index >= 15 is 0 Å². The Bertz CT molecular complexity index is 1070. The van der Waals surface area contributed by atoms with E-state index in [9.17, 15) is 4.79 Å². The minimum atomic E-state index is -0.233. The highest BCUT2D eigenvalue weighted by Gasteiger charge is 2.15. The number of hydrogen-bond donors (Lipinski definition) is 1. The third-order valence-corrected chi connectivity index (χ3v) is 4.47. The van der Waals surface area contributed by atoms with Gasteiger partial charge in [0.25, 0.3) is 0 Å². The normalized spacial score (nSPS) is 11.9. The lowest BCUT2D eigenvalue weighted by atomic mass is 10.2. The molecular weight excluding hydrogens is 402 g/mol. The Balaban J connectivity index is 1.37. The van der Waals surface area contributed by atoms with E-state index in [2.05, 4.69) is 20.7 Å². The van der Waals surface area contributed by atoms with Crippen LogP contribution in [0.3, 0.4) is 0 Å². The van der Waals surface area contributed by atoms with E-state index in [1.54, 1.807) is 6.07 Å². The molecule has 0 spiro atoms. The van der Waals surface area contributed by atoms with Crippen LogP contribution in [0.1, 0.15) is 19.4 Å². The summed E-state index contributed by atoms with van der Waals surface area (Å²) in [4.78, 5) is 13.5. The molecule has 0 unspecified atom stereocenters. The number of rotatable bonds is 9. The van der Waals surface area contributed by atoms with Crippen LogP contribution in [0.5, 0.6) is 23.0 Å². The maximum absolute atomic E-state index is 12.3. The second-order valence-electron chi connectivity index (χ2n) is 6.64. The lowest BCUT2D eigenvalue weighted by Gasteiger charge is -2.11. The Morgan fingerprint density at radius 2 is 1.87 bits per heavy atom. The molecule has 1 aliphatic heterocycles. The molecule has 3 aromatic rings. The van der Waals surface area contributed by atoms with Gasteiger partial charge in [0.05, 0.1) is 13.2 Å². The van der Waals surface area contributed by atoms with Crippen LogP contribution in [0.2, 0.25) is 0 Å². The van der Waals surface area contributed by atoms with Gasteiger partial charge in [0.15, 0.2) is 23.0 Å². The minimum absolute atomic E-state index is 0.0487. The van der Waals surface area contributed by atoms with Gasteiger partial charge in [0.1, 0.15) is 6.54 Å². The molecule has 0 aliphatic carbocycles. The number of aromatic nitrogens is 4. The van der Waals surface area contributed by atoms with E-state index < -0.39 is 0 Å². The smallest absolute Gasteiger partial charge is 0.243 e. The van der Waals surface area contributed by atoms with Gasteiger partial charge >= 0.3 is 0 Å². The lowest BCUT2D eigenvalue weighted by molar-refractivity contribution is -0.122. The maximum Gasteiger partial charge on any atom is 0.243 e. The summed E-state index contributed by atoms with van der Waals surface area (Å²) in [5, 5.41) is 15.2. The van der Waals surface area contributed by atoms with Crippen LogP contribution in [0.25, 0.3) is 11.4 Å². The van der Waals surface area contributed by atoms with Crippen molar-refractivity contribution < 1.29 is 23.7 Å².